The molecular formula is C6H10F3NO2. The van der Waals surface area contributed by atoms with Gasteiger partial charge in [-0.3, -0.25) is 4.79 Å². The molecule has 0 bridgehead atoms. The summed E-state index contributed by atoms with van der Waals surface area (Å²) in [4.78, 5) is 10.1. The van der Waals surface area contributed by atoms with Gasteiger partial charge in [0.15, 0.2) is 0 Å². The zero-order chi connectivity index (χ0) is 9.78. The van der Waals surface area contributed by atoms with Crippen LogP contribution in [-0.2, 0) is 4.79 Å². The minimum Gasteiger partial charge on any atom is -0.391 e. The minimum absolute atomic E-state index is 0.304. The fourth-order valence-electron chi connectivity index (χ4n) is 0.455. The zero-order valence-corrected chi connectivity index (χ0v) is 6.48. The predicted molar refractivity (Wildman–Crippen MR) is 35.4 cm³/mol. The highest BCUT2D eigenvalue weighted by atomic mass is 19.4. The second-order valence-corrected chi connectivity index (χ2v) is 2.27. The number of halogens is 3. The number of carbonyl (C=O) groups is 1. The first-order valence-electron chi connectivity index (χ1n) is 3.41. The first-order valence-corrected chi connectivity index (χ1v) is 3.41. The van der Waals surface area contributed by atoms with Crippen molar-refractivity contribution >= 4 is 5.91 Å². The number of hydrogen-bond acceptors (Lipinski definition) is 2. The van der Waals surface area contributed by atoms with Crippen LogP contribution in [0.15, 0.2) is 0 Å². The quantitative estimate of drug-likeness (QED) is 0.670. The lowest BCUT2D eigenvalue weighted by molar-refractivity contribution is -0.174. The number of rotatable bonds is 3. The Morgan fingerprint density at radius 1 is 1.58 bits per heavy atom. The summed E-state index contributed by atoms with van der Waals surface area (Å²) in [5.41, 5.74) is 0. The summed E-state index contributed by atoms with van der Waals surface area (Å²) in [6.45, 7) is 1.24. The maximum absolute atomic E-state index is 11.5. The van der Waals surface area contributed by atoms with Crippen molar-refractivity contribution in [1.29, 1.82) is 0 Å². The van der Waals surface area contributed by atoms with Gasteiger partial charge < -0.3 is 10.4 Å². The maximum Gasteiger partial charge on any atom is 0.471 e. The Kier molecular flexibility index (Phi) is 4.02. The average Bonchev–Trinajstić information content (AvgIpc) is 1.97. The van der Waals surface area contributed by atoms with Gasteiger partial charge in [-0.1, -0.05) is 6.92 Å². The third kappa shape index (κ3) is 4.17. The van der Waals surface area contributed by atoms with Crippen LogP contribution in [0.3, 0.4) is 0 Å². The van der Waals surface area contributed by atoms with Crippen LogP contribution in [0.25, 0.3) is 0 Å². The SMILES string of the molecule is CCC(O)CNC(=O)C(F)(F)F. The highest BCUT2D eigenvalue weighted by Crippen LogP contribution is 2.13. The molecule has 72 valence electrons. The van der Waals surface area contributed by atoms with Crippen molar-refractivity contribution in [1.82, 2.24) is 5.32 Å². The number of nitrogens with one attached hydrogen (secondary N) is 1. The minimum atomic E-state index is -4.87. The van der Waals surface area contributed by atoms with Gasteiger partial charge in [0.1, 0.15) is 0 Å². The van der Waals surface area contributed by atoms with Crippen LogP contribution in [0.4, 0.5) is 13.2 Å². The van der Waals surface area contributed by atoms with Gasteiger partial charge in [-0.25, -0.2) is 0 Å². The molecule has 0 aromatic heterocycles. The number of carbonyl (C=O) groups excluding carboxylic acids is 1. The largest absolute Gasteiger partial charge is 0.471 e. The van der Waals surface area contributed by atoms with Crippen LogP contribution < -0.4 is 5.32 Å². The lowest BCUT2D eigenvalue weighted by atomic mass is 10.3. The van der Waals surface area contributed by atoms with E-state index in [0.29, 0.717) is 6.42 Å². The van der Waals surface area contributed by atoms with Crippen LogP contribution in [0.5, 0.6) is 0 Å². The maximum atomic E-state index is 11.5. The summed E-state index contributed by atoms with van der Waals surface area (Å²) in [5.74, 6) is -2.02. The molecule has 0 aromatic rings. The molecule has 0 spiro atoms. The van der Waals surface area contributed by atoms with E-state index in [-0.39, 0.29) is 6.54 Å². The molecular weight excluding hydrogens is 175 g/mol. The van der Waals surface area contributed by atoms with Gasteiger partial charge in [0.2, 0.25) is 0 Å². The second kappa shape index (κ2) is 4.30. The molecule has 0 saturated heterocycles. The molecule has 0 saturated carbocycles. The average molecular weight is 185 g/mol. The van der Waals surface area contributed by atoms with Crippen LogP contribution in [-0.4, -0.2) is 29.8 Å². The van der Waals surface area contributed by atoms with Crippen LogP contribution in [0.2, 0.25) is 0 Å². The van der Waals surface area contributed by atoms with Crippen molar-refractivity contribution in [3.8, 4) is 0 Å². The number of aliphatic hydroxyl groups is 1. The number of aliphatic hydroxyl groups excluding tert-OH is 1. The Balaban J connectivity index is 3.73. The van der Waals surface area contributed by atoms with Gasteiger partial charge in [-0.2, -0.15) is 13.2 Å². The van der Waals surface area contributed by atoms with Crippen LogP contribution in [0.1, 0.15) is 13.3 Å². The Morgan fingerprint density at radius 3 is 2.42 bits per heavy atom. The highest BCUT2D eigenvalue weighted by molar-refractivity contribution is 5.81. The first-order chi connectivity index (χ1) is 5.38. The van der Waals surface area contributed by atoms with Gasteiger partial charge in [-0.15, -0.1) is 0 Å². The van der Waals surface area contributed by atoms with Crippen molar-refractivity contribution in [2.45, 2.75) is 25.6 Å². The molecule has 1 atom stereocenters. The summed E-state index contributed by atoms with van der Waals surface area (Å²) < 4.78 is 34.5. The van der Waals surface area contributed by atoms with Crippen molar-refractivity contribution in [3.63, 3.8) is 0 Å². The third-order valence-electron chi connectivity index (χ3n) is 1.23. The Hall–Kier alpha value is -0.780. The Morgan fingerprint density at radius 2 is 2.08 bits per heavy atom. The van der Waals surface area contributed by atoms with E-state index in [1.54, 1.807) is 12.2 Å². The Bertz CT molecular complexity index is 157. The molecule has 12 heavy (non-hydrogen) atoms. The summed E-state index contributed by atoms with van der Waals surface area (Å²) in [6, 6.07) is 0. The summed E-state index contributed by atoms with van der Waals surface area (Å²) in [5, 5.41) is 10.3. The molecule has 0 radical (unpaired) electrons. The van der Waals surface area contributed by atoms with Gasteiger partial charge in [0.05, 0.1) is 6.10 Å². The van der Waals surface area contributed by atoms with E-state index in [1.807, 2.05) is 0 Å². The van der Waals surface area contributed by atoms with E-state index in [0.717, 1.165) is 0 Å². The Labute approximate surface area is 67.6 Å². The fraction of sp³-hybridized carbons (Fsp3) is 0.833. The van der Waals surface area contributed by atoms with Gasteiger partial charge in [0.25, 0.3) is 0 Å². The van der Waals surface area contributed by atoms with E-state index >= 15 is 0 Å². The monoisotopic (exact) mass is 185 g/mol. The topological polar surface area (TPSA) is 49.3 Å². The molecule has 0 heterocycles. The molecule has 1 unspecified atom stereocenters. The van der Waals surface area contributed by atoms with Crippen LogP contribution >= 0.6 is 0 Å². The molecule has 6 heteroatoms. The van der Waals surface area contributed by atoms with E-state index in [1.165, 1.54) is 0 Å². The van der Waals surface area contributed by atoms with Crippen LogP contribution in [0, 0.1) is 0 Å². The number of alkyl halides is 3. The lowest BCUT2D eigenvalue weighted by Crippen LogP contribution is -2.40. The summed E-state index contributed by atoms with van der Waals surface area (Å²) in [7, 11) is 0. The van der Waals surface area contributed by atoms with Crippen molar-refractivity contribution in [3.05, 3.63) is 0 Å². The van der Waals surface area contributed by atoms with Gasteiger partial charge in [-0.05, 0) is 6.42 Å². The molecule has 0 aliphatic carbocycles. The van der Waals surface area contributed by atoms with Gasteiger partial charge >= 0.3 is 12.1 Å². The molecule has 1 amide bonds. The molecule has 0 fully saturated rings. The fourth-order valence-corrected chi connectivity index (χ4v) is 0.455. The predicted octanol–water partition coefficient (Wildman–Crippen LogP) is 0.436. The van der Waals surface area contributed by atoms with Gasteiger partial charge in [0, 0.05) is 6.54 Å². The molecule has 0 aliphatic heterocycles. The van der Waals surface area contributed by atoms with Crippen molar-refractivity contribution in [2.24, 2.45) is 0 Å². The summed E-state index contributed by atoms with van der Waals surface area (Å²) >= 11 is 0. The smallest absolute Gasteiger partial charge is 0.391 e. The normalized spacial score (nSPS) is 14.1. The molecule has 2 N–H and O–H groups in total. The van der Waals surface area contributed by atoms with E-state index in [4.69, 9.17) is 5.11 Å². The molecule has 0 rings (SSSR count). The van der Waals surface area contributed by atoms with E-state index in [2.05, 4.69) is 0 Å². The molecule has 0 aliphatic rings. The zero-order valence-electron chi connectivity index (χ0n) is 6.48. The highest BCUT2D eigenvalue weighted by Gasteiger charge is 2.38. The summed E-state index contributed by atoms with van der Waals surface area (Å²) in [6.07, 6.45) is -5.48. The first kappa shape index (κ1) is 11.2. The number of amides is 1. The van der Waals surface area contributed by atoms with E-state index < -0.39 is 18.2 Å². The van der Waals surface area contributed by atoms with E-state index in [9.17, 15) is 18.0 Å². The lowest BCUT2D eigenvalue weighted by Gasteiger charge is -2.10. The second-order valence-electron chi connectivity index (χ2n) is 2.27. The third-order valence-corrected chi connectivity index (χ3v) is 1.23. The van der Waals surface area contributed by atoms with Crippen molar-refractivity contribution in [2.75, 3.05) is 6.54 Å². The number of hydrogen-bond donors (Lipinski definition) is 2. The standard InChI is InChI=1S/C6H10F3NO2/c1-2-4(11)3-10-5(12)6(7,8)9/h4,11H,2-3H2,1H3,(H,10,12). The molecule has 3 nitrogen and oxygen atoms in total. The molecule has 0 aromatic carbocycles. The van der Waals surface area contributed by atoms with Crippen molar-refractivity contribution < 1.29 is 23.1 Å².